The summed E-state index contributed by atoms with van der Waals surface area (Å²) in [6.45, 7) is 3.46. The minimum Gasteiger partial charge on any atom is -0.338 e. The van der Waals surface area contributed by atoms with Crippen LogP contribution in [0.4, 0.5) is 0 Å². The highest BCUT2D eigenvalue weighted by molar-refractivity contribution is 8.13. The molecule has 0 bridgehead atoms. The molecule has 0 aromatic heterocycles. The van der Waals surface area contributed by atoms with Crippen LogP contribution in [0, 0.1) is 5.92 Å². The van der Waals surface area contributed by atoms with E-state index < -0.39 is 9.05 Å². The van der Waals surface area contributed by atoms with Gasteiger partial charge in [0.05, 0.1) is 4.90 Å². The molecule has 1 aromatic carbocycles. The highest BCUT2D eigenvalue weighted by Crippen LogP contribution is 2.30. The molecule has 2 rings (SSSR count). The van der Waals surface area contributed by atoms with Crippen molar-refractivity contribution >= 4 is 25.6 Å². The molecule has 0 N–H and O–H groups in total. The van der Waals surface area contributed by atoms with Gasteiger partial charge in [-0.25, -0.2) is 8.42 Å². The van der Waals surface area contributed by atoms with Crippen molar-refractivity contribution in [1.82, 2.24) is 4.90 Å². The van der Waals surface area contributed by atoms with Gasteiger partial charge in [-0.1, -0.05) is 13.0 Å². The fourth-order valence-corrected chi connectivity index (χ4v) is 2.92. The monoisotopic (exact) mass is 315 g/mol. The maximum atomic E-state index is 12.5. The number of nitrogens with zero attached hydrogens (tertiary/aromatic N) is 1. The van der Waals surface area contributed by atoms with Crippen LogP contribution in [-0.4, -0.2) is 32.3 Å². The first-order valence-corrected chi connectivity index (χ1v) is 9.06. The summed E-state index contributed by atoms with van der Waals surface area (Å²) < 4.78 is 22.7. The molecule has 0 unspecified atom stereocenters. The Bertz CT molecular complexity index is 596. The van der Waals surface area contributed by atoms with E-state index in [1.54, 1.807) is 17.0 Å². The average molecular weight is 316 g/mol. The van der Waals surface area contributed by atoms with Crippen LogP contribution >= 0.6 is 10.7 Å². The van der Waals surface area contributed by atoms with Crippen LogP contribution in [0.2, 0.25) is 0 Å². The first kappa shape index (κ1) is 15.3. The molecule has 0 saturated heterocycles. The fraction of sp³-hybridized carbons (Fsp3) is 0.500. The van der Waals surface area contributed by atoms with Crippen molar-refractivity contribution in [3.05, 3.63) is 29.8 Å². The summed E-state index contributed by atoms with van der Waals surface area (Å²) in [5, 5.41) is 0. The quantitative estimate of drug-likeness (QED) is 0.758. The Morgan fingerprint density at radius 2 is 2.10 bits per heavy atom. The van der Waals surface area contributed by atoms with Crippen LogP contribution in [0.3, 0.4) is 0 Å². The van der Waals surface area contributed by atoms with Gasteiger partial charge in [0.15, 0.2) is 0 Å². The zero-order valence-electron chi connectivity index (χ0n) is 11.4. The Kier molecular flexibility index (Phi) is 4.70. The summed E-state index contributed by atoms with van der Waals surface area (Å²) in [7, 11) is 1.51. The molecule has 1 fully saturated rings. The van der Waals surface area contributed by atoms with E-state index in [4.69, 9.17) is 10.7 Å². The van der Waals surface area contributed by atoms with Gasteiger partial charge >= 0.3 is 0 Å². The van der Waals surface area contributed by atoms with Crippen molar-refractivity contribution in [3.63, 3.8) is 0 Å². The zero-order chi connectivity index (χ0) is 14.8. The van der Waals surface area contributed by atoms with Gasteiger partial charge in [-0.2, -0.15) is 0 Å². The number of halogens is 1. The first-order chi connectivity index (χ1) is 9.41. The SMILES string of the molecule is CCCN(CC1CC1)C(=O)c1cccc(S(=O)(=O)Cl)c1. The Hall–Kier alpha value is -1.07. The van der Waals surface area contributed by atoms with Gasteiger partial charge in [0.1, 0.15) is 0 Å². The third-order valence-corrected chi connectivity index (χ3v) is 4.67. The number of hydrogen-bond donors (Lipinski definition) is 0. The standard InChI is InChI=1S/C14H18ClNO3S/c1-2-8-16(10-11-6-7-11)14(17)12-4-3-5-13(9-12)20(15,18)19/h3-5,9,11H,2,6-8,10H2,1H3. The summed E-state index contributed by atoms with van der Waals surface area (Å²) in [5.41, 5.74) is 0.376. The summed E-state index contributed by atoms with van der Waals surface area (Å²) >= 11 is 0. The summed E-state index contributed by atoms with van der Waals surface area (Å²) in [4.78, 5) is 14.2. The van der Waals surface area contributed by atoms with E-state index in [2.05, 4.69) is 0 Å². The van der Waals surface area contributed by atoms with Crippen LogP contribution in [0.15, 0.2) is 29.2 Å². The largest absolute Gasteiger partial charge is 0.338 e. The molecule has 1 aromatic rings. The van der Waals surface area contributed by atoms with E-state index in [1.165, 1.54) is 25.0 Å². The molecule has 0 atom stereocenters. The van der Waals surface area contributed by atoms with Crippen LogP contribution in [0.25, 0.3) is 0 Å². The second-order valence-electron chi connectivity index (χ2n) is 5.16. The van der Waals surface area contributed by atoms with Crippen LogP contribution in [0.5, 0.6) is 0 Å². The van der Waals surface area contributed by atoms with E-state index in [-0.39, 0.29) is 10.8 Å². The Labute approximate surface area is 124 Å². The second kappa shape index (κ2) is 6.14. The van der Waals surface area contributed by atoms with Gasteiger partial charge < -0.3 is 4.90 Å². The number of carbonyl (C=O) groups is 1. The van der Waals surface area contributed by atoms with Gasteiger partial charge in [-0.05, 0) is 43.4 Å². The number of carbonyl (C=O) groups excluding carboxylic acids is 1. The fourth-order valence-electron chi connectivity index (χ4n) is 2.12. The molecule has 0 heterocycles. The Morgan fingerprint density at radius 1 is 1.40 bits per heavy atom. The first-order valence-electron chi connectivity index (χ1n) is 6.76. The van der Waals surface area contributed by atoms with E-state index in [0.29, 0.717) is 18.0 Å². The average Bonchev–Trinajstić information content (AvgIpc) is 3.20. The molecule has 1 saturated carbocycles. The lowest BCUT2D eigenvalue weighted by atomic mass is 10.2. The molecule has 1 amide bonds. The predicted octanol–water partition coefficient (Wildman–Crippen LogP) is 2.88. The van der Waals surface area contributed by atoms with Crippen LogP contribution in [-0.2, 0) is 9.05 Å². The summed E-state index contributed by atoms with van der Waals surface area (Å²) in [5.74, 6) is 0.478. The lowest BCUT2D eigenvalue weighted by Crippen LogP contribution is -2.33. The molecular formula is C14H18ClNO3S. The molecule has 1 aliphatic carbocycles. The lowest BCUT2D eigenvalue weighted by molar-refractivity contribution is 0.0747. The van der Waals surface area contributed by atoms with Crippen LogP contribution < -0.4 is 0 Å². The van der Waals surface area contributed by atoms with Crippen molar-refractivity contribution in [2.24, 2.45) is 5.92 Å². The van der Waals surface area contributed by atoms with Crippen molar-refractivity contribution < 1.29 is 13.2 Å². The number of rotatable bonds is 6. The van der Waals surface area contributed by atoms with Gasteiger partial charge in [0.2, 0.25) is 0 Å². The van der Waals surface area contributed by atoms with Gasteiger partial charge in [0, 0.05) is 29.3 Å². The summed E-state index contributed by atoms with van der Waals surface area (Å²) in [6, 6.07) is 5.91. The molecule has 110 valence electrons. The van der Waals surface area contributed by atoms with Crippen molar-refractivity contribution in [2.45, 2.75) is 31.1 Å². The van der Waals surface area contributed by atoms with Crippen molar-refractivity contribution in [3.8, 4) is 0 Å². The van der Waals surface area contributed by atoms with E-state index in [9.17, 15) is 13.2 Å². The van der Waals surface area contributed by atoms with E-state index >= 15 is 0 Å². The topological polar surface area (TPSA) is 54.5 Å². The highest BCUT2D eigenvalue weighted by Gasteiger charge is 2.27. The van der Waals surface area contributed by atoms with Gasteiger partial charge in [0.25, 0.3) is 15.0 Å². The molecule has 1 aliphatic rings. The van der Waals surface area contributed by atoms with Crippen molar-refractivity contribution in [2.75, 3.05) is 13.1 Å². The predicted molar refractivity (Wildman–Crippen MR) is 78.4 cm³/mol. The third-order valence-electron chi connectivity index (χ3n) is 3.32. The smallest absolute Gasteiger partial charge is 0.261 e. The molecule has 6 heteroatoms. The number of benzene rings is 1. The van der Waals surface area contributed by atoms with E-state index in [0.717, 1.165) is 13.0 Å². The lowest BCUT2D eigenvalue weighted by Gasteiger charge is -2.22. The number of hydrogen-bond acceptors (Lipinski definition) is 3. The maximum Gasteiger partial charge on any atom is 0.261 e. The molecule has 4 nitrogen and oxygen atoms in total. The zero-order valence-corrected chi connectivity index (χ0v) is 13.0. The number of amides is 1. The van der Waals surface area contributed by atoms with E-state index in [1.807, 2.05) is 6.92 Å². The van der Waals surface area contributed by atoms with Crippen molar-refractivity contribution in [1.29, 1.82) is 0 Å². The Morgan fingerprint density at radius 3 is 2.65 bits per heavy atom. The minimum atomic E-state index is -3.81. The molecule has 0 radical (unpaired) electrons. The normalized spacial score (nSPS) is 15.1. The van der Waals surface area contributed by atoms with Gasteiger partial charge in [-0.3, -0.25) is 4.79 Å². The maximum absolute atomic E-state index is 12.5. The molecule has 0 aliphatic heterocycles. The highest BCUT2D eigenvalue weighted by atomic mass is 35.7. The van der Waals surface area contributed by atoms with Gasteiger partial charge in [-0.15, -0.1) is 0 Å². The third kappa shape index (κ3) is 3.96. The second-order valence-corrected chi connectivity index (χ2v) is 7.73. The summed E-state index contributed by atoms with van der Waals surface area (Å²) in [6.07, 6.45) is 3.22. The minimum absolute atomic E-state index is 0.0344. The Balaban J connectivity index is 2.21. The molecular weight excluding hydrogens is 298 g/mol. The van der Waals surface area contributed by atoms with Crippen LogP contribution in [0.1, 0.15) is 36.5 Å². The molecule has 20 heavy (non-hydrogen) atoms. The molecule has 0 spiro atoms.